The standard InChI is InChI=1S/C6H7ClFN/c1-5-3-2-4-9(8)6(5)7/h2-3H,4H2,1H3. The van der Waals surface area contributed by atoms with Crippen LogP contribution >= 0.6 is 11.6 Å². The molecule has 0 bridgehead atoms. The van der Waals surface area contributed by atoms with Gasteiger partial charge in [-0.25, -0.2) is 0 Å². The quantitative estimate of drug-likeness (QED) is 0.375. The highest BCUT2D eigenvalue weighted by Gasteiger charge is 2.09. The van der Waals surface area contributed by atoms with Crippen LogP contribution in [0.3, 0.4) is 0 Å². The van der Waals surface area contributed by atoms with E-state index in [1.807, 2.05) is 0 Å². The van der Waals surface area contributed by atoms with Gasteiger partial charge in [-0.1, -0.05) is 28.2 Å². The maximum absolute atomic E-state index is 12.4. The van der Waals surface area contributed by atoms with Crippen LogP contribution in [0.15, 0.2) is 22.9 Å². The van der Waals surface area contributed by atoms with Crippen molar-refractivity contribution in [1.29, 1.82) is 0 Å². The molecular weight excluding hydrogens is 141 g/mol. The molecule has 0 N–H and O–H groups in total. The molecule has 1 aliphatic rings. The molecule has 1 heterocycles. The van der Waals surface area contributed by atoms with Gasteiger partial charge >= 0.3 is 0 Å². The van der Waals surface area contributed by atoms with E-state index in [0.717, 1.165) is 5.57 Å². The second-order valence-corrected chi connectivity index (χ2v) is 2.28. The normalized spacial score (nSPS) is 19.2. The molecule has 1 nitrogen and oxygen atoms in total. The monoisotopic (exact) mass is 147 g/mol. The smallest absolute Gasteiger partial charge is 0.138 e. The van der Waals surface area contributed by atoms with Crippen molar-refractivity contribution in [2.45, 2.75) is 6.92 Å². The minimum Gasteiger partial charge on any atom is -0.196 e. The van der Waals surface area contributed by atoms with Crippen LogP contribution in [0.5, 0.6) is 0 Å². The summed E-state index contributed by atoms with van der Waals surface area (Å²) < 4.78 is 12.4. The third-order valence-corrected chi connectivity index (χ3v) is 1.65. The fraction of sp³-hybridized carbons (Fsp3) is 0.333. The van der Waals surface area contributed by atoms with Gasteiger partial charge in [0, 0.05) is 0 Å². The average molecular weight is 148 g/mol. The van der Waals surface area contributed by atoms with Crippen molar-refractivity contribution in [3.63, 3.8) is 0 Å². The van der Waals surface area contributed by atoms with E-state index in [1.54, 1.807) is 19.1 Å². The first kappa shape index (κ1) is 6.62. The molecular formula is C6H7ClFN. The van der Waals surface area contributed by atoms with Crippen molar-refractivity contribution in [3.8, 4) is 0 Å². The summed E-state index contributed by atoms with van der Waals surface area (Å²) in [5.41, 5.74) is 0.769. The van der Waals surface area contributed by atoms with Gasteiger partial charge in [0.05, 0.1) is 6.54 Å². The highest BCUT2D eigenvalue weighted by molar-refractivity contribution is 6.29. The van der Waals surface area contributed by atoms with Crippen molar-refractivity contribution in [3.05, 3.63) is 22.9 Å². The first-order valence-electron chi connectivity index (χ1n) is 2.68. The van der Waals surface area contributed by atoms with Gasteiger partial charge in [0.1, 0.15) is 5.16 Å². The minimum atomic E-state index is 0.192. The second kappa shape index (κ2) is 2.40. The van der Waals surface area contributed by atoms with E-state index in [2.05, 4.69) is 0 Å². The Hall–Kier alpha value is -0.500. The van der Waals surface area contributed by atoms with Crippen LogP contribution in [-0.4, -0.2) is 11.7 Å². The van der Waals surface area contributed by atoms with Crippen LogP contribution < -0.4 is 0 Å². The van der Waals surface area contributed by atoms with E-state index >= 15 is 0 Å². The van der Waals surface area contributed by atoms with Gasteiger partial charge in [-0.15, -0.1) is 0 Å². The van der Waals surface area contributed by atoms with Gasteiger partial charge in [-0.2, -0.15) is 5.12 Å². The summed E-state index contributed by atoms with van der Waals surface area (Å²) in [6.45, 7) is 2.03. The molecule has 0 aromatic rings. The first-order chi connectivity index (χ1) is 4.22. The Morgan fingerprint density at radius 2 is 2.44 bits per heavy atom. The van der Waals surface area contributed by atoms with Crippen LogP contribution in [0.1, 0.15) is 6.92 Å². The van der Waals surface area contributed by atoms with E-state index in [4.69, 9.17) is 11.6 Å². The molecule has 0 atom stereocenters. The number of halogens is 2. The Balaban J connectivity index is 2.83. The SMILES string of the molecule is CC1=C(Cl)N(F)CC=C1. The summed E-state index contributed by atoms with van der Waals surface area (Å²) in [5, 5.41) is 0.703. The van der Waals surface area contributed by atoms with Crippen molar-refractivity contribution in [1.82, 2.24) is 5.12 Å². The fourth-order valence-corrected chi connectivity index (χ4v) is 0.794. The van der Waals surface area contributed by atoms with E-state index in [9.17, 15) is 4.48 Å². The van der Waals surface area contributed by atoms with Gasteiger partial charge in [-0.05, 0) is 12.5 Å². The van der Waals surface area contributed by atoms with Crippen LogP contribution in [-0.2, 0) is 0 Å². The van der Waals surface area contributed by atoms with E-state index in [-0.39, 0.29) is 11.7 Å². The summed E-state index contributed by atoms with van der Waals surface area (Å²) >= 11 is 5.50. The van der Waals surface area contributed by atoms with Crippen molar-refractivity contribution in [2.75, 3.05) is 6.54 Å². The molecule has 1 rings (SSSR count). The molecule has 0 radical (unpaired) electrons. The predicted molar refractivity (Wildman–Crippen MR) is 35.5 cm³/mol. The van der Waals surface area contributed by atoms with Gasteiger partial charge in [0.25, 0.3) is 0 Å². The zero-order chi connectivity index (χ0) is 6.85. The van der Waals surface area contributed by atoms with Crippen LogP contribution in [0.4, 0.5) is 4.48 Å². The number of rotatable bonds is 0. The highest BCUT2D eigenvalue weighted by atomic mass is 35.5. The molecule has 0 aliphatic carbocycles. The first-order valence-corrected chi connectivity index (χ1v) is 3.06. The largest absolute Gasteiger partial charge is 0.196 e. The molecule has 9 heavy (non-hydrogen) atoms. The number of nitrogens with zero attached hydrogens (tertiary/aromatic N) is 1. The van der Waals surface area contributed by atoms with E-state index in [1.165, 1.54) is 0 Å². The molecule has 0 aromatic carbocycles. The Labute approximate surface area is 58.3 Å². The molecule has 0 saturated carbocycles. The number of hydrogen-bond acceptors (Lipinski definition) is 1. The third kappa shape index (κ3) is 1.24. The van der Waals surface area contributed by atoms with Crippen LogP contribution in [0.25, 0.3) is 0 Å². The lowest BCUT2D eigenvalue weighted by Crippen LogP contribution is -2.13. The molecule has 3 heteroatoms. The Bertz CT molecular complexity index is 174. The lowest BCUT2D eigenvalue weighted by molar-refractivity contribution is 0.0957. The topological polar surface area (TPSA) is 3.24 Å². The average Bonchev–Trinajstić information content (AvgIpc) is 1.83. The molecule has 0 saturated heterocycles. The Kier molecular flexibility index (Phi) is 1.76. The lowest BCUT2D eigenvalue weighted by Gasteiger charge is -2.14. The maximum atomic E-state index is 12.4. The molecule has 0 fully saturated rings. The van der Waals surface area contributed by atoms with Gasteiger partial charge in [0.15, 0.2) is 0 Å². The van der Waals surface area contributed by atoms with Gasteiger partial charge in [0.2, 0.25) is 0 Å². The molecule has 1 aliphatic heterocycles. The molecule has 0 amide bonds. The predicted octanol–water partition coefficient (Wildman–Crippen LogP) is 2.21. The second-order valence-electron chi connectivity index (χ2n) is 1.92. The summed E-state index contributed by atoms with van der Waals surface area (Å²) in [7, 11) is 0. The fourth-order valence-electron chi connectivity index (χ4n) is 0.662. The van der Waals surface area contributed by atoms with Gasteiger partial charge < -0.3 is 0 Å². The van der Waals surface area contributed by atoms with Crippen molar-refractivity contribution in [2.24, 2.45) is 0 Å². The maximum Gasteiger partial charge on any atom is 0.138 e. The minimum absolute atomic E-state index is 0.192. The highest BCUT2D eigenvalue weighted by Crippen LogP contribution is 2.19. The zero-order valence-electron chi connectivity index (χ0n) is 5.06. The van der Waals surface area contributed by atoms with Crippen molar-refractivity contribution < 1.29 is 4.48 Å². The molecule has 0 unspecified atom stereocenters. The zero-order valence-corrected chi connectivity index (χ0v) is 5.82. The summed E-state index contributed by atoms with van der Waals surface area (Å²) in [4.78, 5) is 0. The summed E-state index contributed by atoms with van der Waals surface area (Å²) in [6, 6.07) is 0. The Morgan fingerprint density at radius 1 is 1.78 bits per heavy atom. The molecule has 0 aromatic heterocycles. The molecule has 50 valence electrons. The van der Waals surface area contributed by atoms with Crippen LogP contribution in [0.2, 0.25) is 0 Å². The number of hydrogen-bond donors (Lipinski definition) is 0. The van der Waals surface area contributed by atoms with Gasteiger partial charge in [-0.3, -0.25) is 0 Å². The summed E-state index contributed by atoms with van der Waals surface area (Å²) in [5.74, 6) is 0. The van der Waals surface area contributed by atoms with E-state index < -0.39 is 0 Å². The van der Waals surface area contributed by atoms with Crippen molar-refractivity contribution >= 4 is 11.6 Å². The summed E-state index contributed by atoms with van der Waals surface area (Å²) in [6.07, 6.45) is 3.53. The number of allylic oxidation sites excluding steroid dienone is 2. The molecule has 0 spiro atoms. The van der Waals surface area contributed by atoms with E-state index in [0.29, 0.717) is 5.12 Å². The van der Waals surface area contributed by atoms with Crippen LogP contribution in [0, 0.1) is 0 Å². The lowest BCUT2D eigenvalue weighted by atomic mass is 10.2. The Morgan fingerprint density at radius 3 is 2.89 bits per heavy atom. The third-order valence-electron chi connectivity index (χ3n) is 1.17.